The van der Waals surface area contributed by atoms with Crippen molar-refractivity contribution in [1.29, 1.82) is 0 Å². The minimum Gasteiger partial charge on any atom is -0.330 e. The molecule has 1 fully saturated rings. The molecule has 0 aliphatic carbocycles. The van der Waals surface area contributed by atoms with E-state index in [1.807, 2.05) is 6.07 Å². The highest BCUT2D eigenvalue weighted by Gasteiger charge is 2.31. The summed E-state index contributed by atoms with van der Waals surface area (Å²) in [6.07, 6.45) is 3.54. The van der Waals surface area contributed by atoms with Crippen LogP contribution in [0.3, 0.4) is 0 Å². The molecule has 20 heavy (non-hydrogen) atoms. The maximum absolute atomic E-state index is 13.4. The number of amides is 1. The maximum atomic E-state index is 13.4. The first kappa shape index (κ1) is 12.8. The number of benzene rings is 1. The van der Waals surface area contributed by atoms with Crippen molar-refractivity contribution >= 4 is 5.91 Å². The van der Waals surface area contributed by atoms with Crippen molar-refractivity contribution in [3.05, 3.63) is 53.6 Å². The molecule has 3 rings (SSSR count). The van der Waals surface area contributed by atoms with E-state index in [9.17, 15) is 9.18 Å². The summed E-state index contributed by atoms with van der Waals surface area (Å²) in [5.74, 6) is -0.350. The molecule has 2 heterocycles. The summed E-state index contributed by atoms with van der Waals surface area (Å²) in [5, 5.41) is 4.15. The quantitative estimate of drug-likeness (QED) is 0.843. The van der Waals surface area contributed by atoms with Crippen LogP contribution in [0.4, 0.5) is 4.39 Å². The van der Waals surface area contributed by atoms with Crippen molar-refractivity contribution in [2.45, 2.75) is 18.9 Å². The molecule has 5 heteroatoms. The molecule has 1 aliphatic rings. The first-order valence-corrected chi connectivity index (χ1v) is 6.71. The van der Waals surface area contributed by atoms with Crippen molar-refractivity contribution in [3.8, 4) is 0 Å². The topological polar surface area (TPSA) is 38.1 Å². The van der Waals surface area contributed by atoms with E-state index in [0.29, 0.717) is 12.2 Å². The summed E-state index contributed by atoms with van der Waals surface area (Å²) in [4.78, 5) is 14.3. The van der Waals surface area contributed by atoms with E-state index in [1.54, 1.807) is 35.0 Å². The Balaban J connectivity index is 1.87. The van der Waals surface area contributed by atoms with Crippen LogP contribution in [0.2, 0.25) is 0 Å². The summed E-state index contributed by atoms with van der Waals surface area (Å²) in [6.45, 7) is 0.691. The molecule has 1 aliphatic heterocycles. The van der Waals surface area contributed by atoms with Crippen LogP contribution in [-0.4, -0.2) is 27.1 Å². The van der Waals surface area contributed by atoms with Crippen LogP contribution < -0.4 is 0 Å². The van der Waals surface area contributed by atoms with E-state index in [1.165, 1.54) is 12.1 Å². The summed E-state index contributed by atoms with van der Waals surface area (Å²) >= 11 is 0. The lowest BCUT2D eigenvalue weighted by Gasteiger charge is -2.24. The highest BCUT2D eigenvalue weighted by molar-refractivity contribution is 5.92. The Hall–Kier alpha value is -2.17. The average molecular weight is 273 g/mol. The van der Waals surface area contributed by atoms with Crippen molar-refractivity contribution in [3.63, 3.8) is 0 Å². The number of nitrogens with zero attached hydrogens (tertiary/aromatic N) is 3. The minimum atomic E-state index is -0.264. The Morgan fingerprint density at radius 2 is 2.25 bits per heavy atom. The number of rotatable bonds is 2. The average Bonchev–Trinajstić information content (AvgIpc) is 3.06. The summed E-state index contributed by atoms with van der Waals surface area (Å²) in [5.41, 5.74) is 1.29. The molecule has 0 N–H and O–H groups in total. The molecule has 1 saturated heterocycles. The third-order valence-electron chi connectivity index (χ3n) is 3.68. The molecule has 0 saturated carbocycles. The van der Waals surface area contributed by atoms with Gasteiger partial charge >= 0.3 is 0 Å². The zero-order valence-corrected chi connectivity index (χ0v) is 11.3. The molecule has 0 bridgehead atoms. The van der Waals surface area contributed by atoms with E-state index in [2.05, 4.69) is 5.10 Å². The summed E-state index contributed by atoms with van der Waals surface area (Å²) in [7, 11) is 1.78. The van der Waals surface area contributed by atoms with E-state index in [0.717, 1.165) is 18.4 Å². The predicted molar refractivity (Wildman–Crippen MR) is 72.6 cm³/mol. The van der Waals surface area contributed by atoms with Gasteiger partial charge in [-0.05, 0) is 36.6 Å². The Bertz CT molecular complexity index is 638. The number of carbonyl (C=O) groups excluding carboxylic acids is 1. The normalized spacial score (nSPS) is 18.5. The predicted octanol–water partition coefficient (Wildman–Crippen LogP) is 2.54. The summed E-state index contributed by atoms with van der Waals surface area (Å²) < 4.78 is 15.0. The van der Waals surface area contributed by atoms with Crippen LogP contribution in [0.5, 0.6) is 0 Å². The molecule has 1 atom stereocenters. The molecule has 1 aromatic heterocycles. The van der Waals surface area contributed by atoms with Gasteiger partial charge in [-0.1, -0.05) is 12.1 Å². The standard InChI is InChI=1S/C15H16FN3O/c1-18-9-7-13(17-18)15(20)19-8-3-6-14(19)11-4-2-5-12(16)10-11/h2,4-5,7,9-10,14H,3,6,8H2,1H3/t14-/m0/s1. The number of likely N-dealkylation sites (tertiary alicyclic amines) is 1. The van der Waals surface area contributed by atoms with Gasteiger partial charge in [0.1, 0.15) is 11.5 Å². The van der Waals surface area contributed by atoms with Crippen LogP contribution in [0.15, 0.2) is 36.5 Å². The van der Waals surface area contributed by atoms with E-state index in [4.69, 9.17) is 0 Å². The minimum absolute atomic E-state index is 0.0554. The smallest absolute Gasteiger partial charge is 0.274 e. The van der Waals surface area contributed by atoms with Gasteiger partial charge < -0.3 is 4.90 Å². The highest BCUT2D eigenvalue weighted by Crippen LogP contribution is 2.33. The van der Waals surface area contributed by atoms with Crippen molar-refractivity contribution in [1.82, 2.24) is 14.7 Å². The van der Waals surface area contributed by atoms with Crippen molar-refractivity contribution in [2.24, 2.45) is 7.05 Å². The Morgan fingerprint density at radius 1 is 1.40 bits per heavy atom. The van der Waals surface area contributed by atoms with Crippen LogP contribution in [-0.2, 0) is 7.05 Å². The fourth-order valence-electron chi connectivity index (χ4n) is 2.75. The van der Waals surface area contributed by atoms with Gasteiger partial charge in [-0.15, -0.1) is 0 Å². The van der Waals surface area contributed by atoms with Crippen LogP contribution in [0, 0.1) is 5.82 Å². The molecule has 0 spiro atoms. The molecule has 1 amide bonds. The number of aromatic nitrogens is 2. The fraction of sp³-hybridized carbons (Fsp3) is 0.333. The van der Waals surface area contributed by atoms with Gasteiger partial charge in [0, 0.05) is 19.8 Å². The third-order valence-corrected chi connectivity index (χ3v) is 3.68. The highest BCUT2D eigenvalue weighted by atomic mass is 19.1. The molecule has 104 valence electrons. The van der Waals surface area contributed by atoms with Crippen LogP contribution >= 0.6 is 0 Å². The third kappa shape index (κ3) is 2.31. The molecule has 4 nitrogen and oxygen atoms in total. The number of carbonyl (C=O) groups is 1. The van der Waals surface area contributed by atoms with Gasteiger partial charge in [-0.3, -0.25) is 9.48 Å². The maximum Gasteiger partial charge on any atom is 0.274 e. The Kier molecular flexibility index (Phi) is 3.26. The number of hydrogen-bond acceptors (Lipinski definition) is 2. The van der Waals surface area contributed by atoms with Crippen LogP contribution in [0.25, 0.3) is 0 Å². The molecular weight excluding hydrogens is 257 g/mol. The first-order valence-electron chi connectivity index (χ1n) is 6.71. The zero-order chi connectivity index (χ0) is 14.1. The van der Waals surface area contributed by atoms with Gasteiger partial charge in [0.05, 0.1) is 6.04 Å². The second-order valence-electron chi connectivity index (χ2n) is 5.09. The van der Waals surface area contributed by atoms with Crippen LogP contribution in [0.1, 0.15) is 34.9 Å². The van der Waals surface area contributed by atoms with E-state index < -0.39 is 0 Å². The van der Waals surface area contributed by atoms with Gasteiger partial charge in [-0.2, -0.15) is 5.10 Å². The lowest BCUT2D eigenvalue weighted by Crippen LogP contribution is -2.31. The van der Waals surface area contributed by atoms with E-state index >= 15 is 0 Å². The fourth-order valence-corrected chi connectivity index (χ4v) is 2.75. The number of hydrogen-bond donors (Lipinski definition) is 0. The summed E-state index contributed by atoms with van der Waals surface area (Å²) in [6, 6.07) is 8.14. The molecule has 1 aromatic carbocycles. The zero-order valence-electron chi connectivity index (χ0n) is 11.3. The lowest BCUT2D eigenvalue weighted by atomic mass is 10.0. The SMILES string of the molecule is Cn1ccc(C(=O)N2CCC[C@H]2c2cccc(F)c2)n1. The Labute approximate surface area is 116 Å². The monoisotopic (exact) mass is 273 g/mol. The molecule has 0 radical (unpaired) electrons. The van der Waals surface area contributed by atoms with Crippen molar-refractivity contribution in [2.75, 3.05) is 6.54 Å². The van der Waals surface area contributed by atoms with Gasteiger partial charge in [0.2, 0.25) is 0 Å². The molecular formula is C15H16FN3O. The van der Waals surface area contributed by atoms with Crippen molar-refractivity contribution < 1.29 is 9.18 Å². The second kappa shape index (κ2) is 5.07. The lowest BCUT2D eigenvalue weighted by molar-refractivity contribution is 0.0728. The second-order valence-corrected chi connectivity index (χ2v) is 5.09. The van der Waals surface area contributed by atoms with Gasteiger partial charge in [-0.25, -0.2) is 4.39 Å². The largest absolute Gasteiger partial charge is 0.330 e. The molecule has 2 aromatic rings. The Morgan fingerprint density at radius 3 is 2.95 bits per heavy atom. The molecule has 0 unspecified atom stereocenters. The van der Waals surface area contributed by atoms with E-state index in [-0.39, 0.29) is 17.8 Å². The van der Waals surface area contributed by atoms with Gasteiger partial charge in [0.15, 0.2) is 0 Å². The number of aryl methyl sites for hydroxylation is 1. The number of halogens is 1. The first-order chi connectivity index (χ1) is 9.65. The van der Waals surface area contributed by atoms with Gasteiger partial charge in [0.25, 0.3) is 5.91 Å².